The Hall–Kier alpha value is -0.980. The van der Waals surface area contributed by atoms with Crippen molar-refractivity contribution in [2.75, 3.05) is 26.8 Å². The van der Waals surface area contributed by atoms with E-state index in [-0.39, 0.29) is 12.6 Å². The molecule has 0 aromatic carbocycles. The molecule has 2 heterocycles. The molecule has 0 aliphatic carbocycles. The van der Waals surface area contributed by atoms with Crippen molar-refractivity contribution in [1.29, 1.82) is 0 Å². The molecule has 19 heavy (non-hydrogen) atoms. The van der Waals surface area contributed by atoms with Crippen molar-refractivity contribution in [3.63, 3.8) is 0 Å². The summed E-state index contributed by atoms with van der Waals surface area (Å²) in [6.45, 7) is 1.66. The summed E-state index contributed by atoms with van der Waals surface area (Å²) in [6, 6.07) is 3.87. The SMILES string of the molecule is COC(=O)COC1(c2cccnc2Br)CCNCC1. The Morgan fingerprint density at radius 3 is 2.89 bits per heavy atom. The average molecular weight is 329 g/mol. The molecule has 2 rings (SSSR count). The lowest BCUT2D eigenvalue weighted by Crippen LogP contribution is -2.43. The van der Waals surface area contributed by atoms with Crippen LogP contribution in [0.5, 0.6) is 0 Å². The molecule has 0 spiro atoms. The van der Waals surface area contributed by atoms with E-state index in [0.717, 1.165) is 36.1 Å². The summed E-state index contributed by atoms with van der Waals surface area (Å²) in [6.07, 6.45) is 3.32. The first-order valence-corrected chi connectivity index (χ1v) is 7.00. The number of nitrogens with zero attached hydrogens (tertiary/aromatic N) is 1. The summed E-state index contributed by atoms with van der Waals surface area (Å²) in [5, 5.41) is 3.30. The average Bonchev–Trinajstić information content (AvgIpc) is 2.46. The van der Waals surface area contributed by atoms with E-state index < -0.39 is 5.60 Å². The van der Waals surface area contributed by atoms with Gasteiger partial charge in [0.15, 0.2) is 0 Å². The molecule has 1 aliphatic heterocycles. The first-order valence-electron chi connectivity index (χ1n) is 6.20. The summed E-state index contributed by atoms with van der Waals surface area (Å²) < 4.78 is 11.3. The van der Waals surface area contributed by atoms with Crippen LogP contribution in [-0.2, 0) is 19.9 Å². The summed E-state index contributed by atoms with van der Waals surface area (Å²) in [7, 11) is 1.36. The third-order valence-corrected chi connectivity index (χ3v) is 3.99. The van der Waals surface area contributed by atoms with Crippen molar-refractivity contribution in [3.05, 3.63) is 28.5 Å². The number of methoxy groups -OCH3 is 1. The van der Waals surface area contributed by atoms with Crippen molar-refractivity contribution in [1.82, 2.24) is 10.3 Å². The lowest BCUT2D eigenvalue weighted by atomic mass is 9.85. The fourth-order valence-corrected chi connectivity index (χ4v) is 2.92. The fraction of sp³-hybridized carbons (Fsp3) is 0.538. The monoisotopic (exact) mass is 328 g/mol. The standard InChI is InChI=1S/C13H17BrN2O3/c1-18-11(17)9-19-13(4-7-15-8-5-13)10-3-2-6-16-12(10)14/h2-3,6,15H,4-5,7-9H2,1H3. The van der Waals surface area contributed by atoms with Crippen LogP contribution in [0.2, 0.25) is 0 Å². The third kappa shape index (κ3) is 3.32. The van der Waals surface area contributed by atoms with Crippen LogP contribution in [0.3, 0.4) is 0 Å². The number of hydrogen-bond donors (Lipinski definition) is 1. The Bertz CT molecular complexity index is 447. The molecule has 6 heteroatoms. The van der Waals surface area contributed by atoms with Crippen molar-refractivity contribution < 1.29 is 14.3 Å². The van der Waals surface area contributed by atoms with E-state index in [1.54, 1.807) is 6.20 Å². The minimum atomic E-state index is -0.480. The zero-order valence-electron chi connectivity index (χ0n) is 10.8. The molecule has 0 radical (unpaired) electrons. The molecule has 1 aromatic heterocycles. The number of piperidine rings is 1. The molecule has 5 nitrogen and oxygen atoms in total. The normalized spacial score (nSPS) is 18.0. The minimum absolute atomic E-state index is 0.0438. The van der Waals surface area contributed by atoms with Crippen LogP contribution in [0.15, 0.2) is 22.9 Å². The highest BCUT2D eigenvalue weighted by Crippen LogP contribution is 2.37. The van der Waals surface area contributed by atoms with E-state index in [0.29, 0.717) is 0 Å². The van der Waals surface area contributed by atoms with E-state index in [9.17, 15) is 4.79 Å². The van der Waals surface area contributed by atoms with E-state index in [1.165, 1.54) is 7.11 Å². The van der Waals surface area contributed by atoms with Crippen LogP contribution in [0.1, 0.15) is 18.4 Å². The number of carbonyl (C=O) groups excluding carboxylic acids is 1. The molecule has 1 N–H and O–H groups in total. The zero-order chi connectivity index (χ0) is 13.7. The van der Waals surface area contributed by atoms with Gasteiger partial charge in [-0.3, -0.25) is 0 Å². The zero-order valence-corrected chi connectivity index (χ0v) is 12.4. The smallest absolute Gasteiger partial charge is 0.331 e. The number of rotatable bonds is 4. The lowest BCUT2D eigenvalue weighted by Gasteiger charge is -2.38. The molecule has 0 amide bonds. The van der Waals surface area contributed by atoms with Crippen molar-refractivity contribution in [3.8, 4) is 0 Å². The van der Waals surface area contributed by atoms with Gasteiger partial charge >= 0.3 is 5.97 Å². The largest absolute Gasteiger partial charge is 0.467 e. The number of aromatic nitrogens is 1. The maximum atomic E-state index is 11.3. The van der Waals surface area contributed by atoms with E-state index in [4.69, 9.17) is 4.74 Å². The molecule has 1 aliphatic rings. The third-order valence-electron chi connectivity index (χ3n) is 3.36. The Morgan fingerprint density at radius 1 is 1.53 bits per heavy atom. The number of esters is 1. The predicted octanol–water partition coefficient (Wildman–Crippen LogP) is 1.61. The summed E-state index contributed by atoms with van der Waals surface area (Å²) >= 11 is 3.46. The van der Waals surface area contributed by atoms with Crippen LogP contribution >= 0.6 is 15.9 Å². The van der Waals surface area contributed by atoms with E-state index in [2.05, 4.69) is 31.0 Å². The van der Waals surface area contributed by atoms with Crippen molar-refractivity contribution in [2.24, 2.45) is 0 Å². The Balaban J connectivity index is 2.24. The van der Waals surface area contributed by atoms with Crippen LogP contribution in [0, 0.1) is 0 Å². The minimum Gasteiger partial charge on any atom is -0.467 e. The number of pyridine rings is 1. The van der Waals surface area contributed by atoms with Gasteiger partial charge in [-0.1, -0.05) is 6.07 Å². The van der Waals surface area contributed by atoms with Gasteiger partial charge in [0.2, 0.25) is 0 Å². The molecule has 1 aromatic rings. The molecule has 0 atom stereocenters. The van der Waals surface area contributed by atoms with Gasteiger partial charge in [0.05, 0.1) is 12.7 Å². The molecular formula is C13H17BrN2O3. The van der Waals surface area contributed by atoms with Crippen LogP contribution < -0.4 is 5.32 Å². The summed E-state index contributed by atoms with van der Waals surface area (Å²) in [5.74, 6) is -0.363. The molecule has 1 saturated heterocycles. The molecule has 0 saturated carbocycles. The Labute approximate surface area is 120 Å². The maximum Gasteiger partial charge on any atom is 0.331 e. The first-order chi connectivity index (χ1) is 9.18. The Kier molecular flexibility index (Phi) is 4.90. The second-order valence-electron chi connectivity index (χ2n) is 4.45. The van der Waals surface area contributed by atoms with Gasteiger partial charge in [-0.25, -0.2) is 9.78 Å². The van der Waals surface area contributed by atoms with Gasteiger partial charge < -0.3 is 14.8 Å². The van der Waals surface area contributed by atoms with Gasteiger partial charge in [-0.15, -0.1) is 0 Å². The molecular weight excluding hydrogens is 312 g/mol. The topological polar surface area (TPSA) is 60.5 Å². The summed E-state index contributed by atoms with van der Waals surface area (Å²) in [4.78, 5) is 15.6. The second kappa shape index (κ2) is 6.45. The van der Waals surface area contributed by atoms with Gasteiger partial charge in [-0.05, 0) is 47.9 Å². The number of hydrogen-bond acceptors (Lipinski definition) is 5. The van der Waals surface area contributed by atoms with Crippen LogP contribution in [0.4, 0.5) is 0 Å². The van der Waals surface area contributed by atoms with E-state index in [1.807, 2.05) is 12.1 Å². The fourth-order valence-electron chi connectivity index (χ4n) is 2.30. The highest BCUT2D eigenvalue weighted by atomic mass is 79.9. The highest BCUT2D eigenvalue weighted by Gasteiger charge is 2.37. The predicted molar refractivity (Wildman–Crippen MR) is 73.7 cm³/mol. The van der Waals surface area contributed by atoms with Gasteiger partial charge in [0.25, 0.3) is 0 Å². The van der Waals surface area contributed by atoms with Crippen LogP contribution in [-0.4, -0.2) is 37.8 Å². The number of ether oxygens (including phenoxy) is 2. The first kappa shape index (κ1) is 14.4. The molecule has 104 valence electrons. The maximum absolute atomic E-state index is 11.3. The molecule has 0 bridgehead atoms. The quantitative estimate of drug-likeness (QED) is 0.672. The Morgan fingerprint density at radius 2 is 2.26 bits per heavy atom. The molecule has 1 fully saturated rings. The van der Waals surface area contributed by atoms with Gasteiger partial charge in [-0.2, -0.15) is 0 Å². The molecule has 0 unspecified atom stereocenters. The van der Waals surface area contributed by atoms with Crippen molar-refractivity contribution >= 4 is 21.9 Å². The number of carbonyl (C=O) groups is 1. The van der Waals surface area contributed by atoms with Gasteiger partial charge in [0, 0.05) is 11.8 Å². The van der Waals surface area contributed by atoms with E-state index >= 15 is 0 Å². The number of nitrogens with one attached hydrogen (secondary N) is 1. The second-order valence-corrected chi connectivity index (χ2v) is 5.20. The highest BCUT2D eigenvalue weighted by molar-refractivity contribution is 9.10. The van der Waals surface area contributed by atoms with Crippen LogP contribution in [0.25, 0.3) is 0 Å². The van der Waals surface area contributed by atoms with Crippen molar-refractivity contribution in [2.45, 2.75) is 18.4 Å². The number of halogens is 1. The van der Waals surface area contributed by atoms with Gasteiger partial charge in [0.1, 0.15) is 11.2 Å². The lowest BCUT2D eigenvalue weighted by molar-refractivity contribution is -0.156. The summed E-state index contributed by atoms with van der Waals surface area (Å²) in [5.41, 5.74) is 0.507.